The molecule has 0 unspecified atom stereocenters. The molecule has 6 rings (SSSR count). The van der Waals surface area contributed by atoms with Crippen molar-refractivity contribution in [2.45, 2.75) is 32.6 Å². The predicted octanol–water partition coefficient (Wildman–Crippen LogP) is 5.20. The van der Waals surface area contributed by atoms with Crippen molar-refractivity contribution >= 4 is 10.9 Å². The van der Waals surface area contributed by atoms with Crippen LogP contribution in [-0.2, 0) is 19.6 Å². The second kappa shape index (κ2) is 11.6. The molecular formula is C32H28FN7O. The third-order valence-corrected chi connectivity index (χ3v) is 7.07. The molecule has 0 aliphatic carbocycles. The number of hydrogen-bond donors (Lipinski definition) is 1. The smallest absolute Gasteiger partial charge is 0.253 e. The maximum absolute atomic E-state index is 13.8. The Kier molecular flexibility index (Phi) is 7.42. The summed E-state index contributed by atoms with van der Waals surface area (Å²) in [6.45, 7) is 3.35. The number of nitrogens with one attached hydrogen (secondary N) is 1. The Morgan fingerprint density at radius 3 is 2.46 bits per heavy atom. The molecule has 0 amide bonds. The van der Waals surface area contributed by atoms with Crippen LogP contribution in [0.5, 0.6) is 0 Å². The van der Waals surface area contributed by atoms with Crippen molar-refractivity contribution in [3.05, 3.63) is 153 Å². The molecule has 0 bridgehead atoms. The highest BCUT2D eigenvalue weighted by Crippen LogP contribution is 2.30. The second-order valence-corrected chi connectivity index (χ2v) is 10.1. The molecule has 0 fully saturated rings. The number of rotatable bonds is 9. The quantitative estimate of drug-likeness (QED) is 0.269. The molecule has 3 heterocycles. The van der Waals surface area contributed by atoms with Gasteiger partial charge >= 0.3 is 0 Å². The third-order valence-electron chi connectivity index (χ3n) is 7.07. The maximum atomic E-state index is 13.8. The van der Waals surface area contributed by atoms with Gasteiger partial charge in [-0.05, 0) is 75.8 Å². The van der Waals surface area contributed by atoms with Crippen molar-refractivity contribution in [3.8, 4) is 0 Å². The number of hydrogen-bond acceptors (Lipinski definition) is 6. The summed E-state index contributed by atoms with van der Waals surface area (Å²) in [5.41, 5.74) is 5.06. The monoisotopic (exact) mass is 545 g/mol. The summed E-state index contributed by atoms with van der Waals surface area (Å²) in [6, 6.07) is 27.5. The van der Waals surface area contributed by atoms with Gasteiger partial charge in [0.25, 0.3) is 5.56 Å². The topological polar surface area (TPSA) is 92.6 Å². The average Bonchev–Trinajstić information content (AvgIpc) is 3.43. The minimum absolute atomic E-state index is 0.216. The third kappa shape index (κ3) is 5.95. The van der Waals surface area contributed by atoms with Crippen molar-refractivity contribution < 1.29 is 4.39 Å². The lowest BCUT2D eigenvalue weighted by Crippen LogP contribution is -2.35. The van der Waals surface area contributed by atoms with Gasteiger partial charge in [0.2, 0.25) is 0 Å². The van der Waals surface area contributed by atoms with Gasteiger partial charge in [0.15, 0.2) is 5.82 Å². The van der Waals surface area contributed by atoms with E-state index in [9.17, 15) is 9.18 Å². The number of tetrazole rings is 1. The first-order valence-corrected chi connectivity index (χ1v) is 13.3. The van der Waals surface area contributed by atoms with E-state index in [0.29, 0.717) is 31.0 Å². The van der Waals surface area contributed by atoms with Crippen LogP contribution in [0.25, 0.3) is 10.9 Å². The van der Waals surface area contributed by atoms with Crippen molar-refractivity contribution in [1.82, 2.24) is 35.1 Å². The normalized spacial score (nSPS) is 12.2. The highest BCUT2D eigenvalue weighted by molar-refractivity contribution is 5.79. The zero-order valence-electron chi connectivity index (χ0n) is 22.5. The van der Waals surface area contributed by atoms with Crippen LogP contribution >= 0.6 is 0 Å². The SMILES string of the molecule is Cc1ccc2[nH]c(=O)c([C@@H](c3nnnn3Cc3ccc(F)cc3)N(Cc3ccccc3)Cc3cccnc3)cc2c1. The fraction of sp³-hybridized carbons (Fsp3) is 0.156. The molecular weight excluding hydrogens is 517 g/mol. The van der Waals surface area contributed by atoms with Gasteiger partial charge < -0.3 is 4.98 Å². The molecule has 3 aromatic heterocycles. The minimum Gasteiger partial charge on any atom is -0.322 e. The number of fused-ring (bicyclic) bond motifs is 1. The largest absolute Gasteiger partial charge is 0.322 e. The summed E-state index contributed by atoms with van der Waals surface area (Å²) >= 11 is 0. The Morgan fingerprint density at radius 2 is 1.68 bits per heavy atom. The van der Waals surface area contributed by atoms with Crippen molar-refractivity contribution in [2.24, 2.45) is 0 Å². The van der Waals surface area contributed by atoms with Crippen LogP contribution in [-0.4, -0.2) is 35.1 Å². The van der Waals surface area contributed by atoms with E-state index in [1.54, 1.807) is 23.0 Å². The fourth-order valence-electron chi connectivity index (χ4n) is 5.11. The van der Waals surface area contributed by atoms with Gasteiger partial charge in [-0.3, -0.25) is 14.7 Å². The van der Waals surface area contributed by atoms with Crippen LogP contribution in [0.4, 0.5) is 4.39 Å². The number of aromatic nitrogens is 6. The van der Waals surface area contributed by atoms with Crippen molar-refractivity contribution in [2.75, 3.05) is 0 Å². The Bertz CT molecular complexity index is 1780. The van der Waals surface area contributed by atoms with E-state index < -0.39 is 6.04 Å². The molecule has 0 aliphatic rings. The van der Waals surface area contributed by atoms with Crippen molar-refractivity contribution in [1.29, 1.82) is 0 Å². The van der Waals surface area contributed by atoms with Crippen LogP contribution in [0.15, 0.2) is 108 Å². The maximum Gasteiger partial charge on any atom is 0.253 e. The first-order valence-electron chi connectivity index (χ1n) is 13.3. The molecule has 0 radical (unpaired) electrons. The molecule has 204 valence electrons. The summed E-state index contributed by atoms with van der Waals surface area (Å²) in [5.74, 6) is 0.193. The van der Waals surface area contributed by atoms with Gasteiger partial charge in [0.05, 0.1) is 6.54 Å². The molecule has 0 aliphatic heterocycles. The van der Waals surface area contributed by atoms with E-state index in [4.69, 9.17) is 0 Å². The molecule has 41 heavy (non-hydrogen) atoms. The summed E-state index contributed by atoms with van der Waals surface area (Å²) < 4.78 is 15.3. The van der Waals surface area contributed by atoms with E-state index in [0.717, 1.165) is 33.2 Å². The summed E-state index contributed by atoms with van der Waals surface area (Å²) in [5, 5.41) is 13.7. The van der Waals surface area contributed by atoms with E-state index in [-0.39, 0.29) is 11.4 Å². The predicted molar refractivity (Wildman–Crippen MR) is 154 cm³/mol. The zero-order valence-corrected chi connectivity index (χ0v) is 22.5. The van der Waals surface area contributed by atoms with E-state index >= 15 is 0 Å². The fourth-order valence-corrected chi connectivity index (χ4v) is 5.11. The number of H-pyrrole nitrogens is 1. The van der Waals surface area contributed by atoms with Gasteiger partial charge in [-0.1, -0.05) is 60.2 Å². The number of halogens is 1. The lowest BCUT2D eigenvalue weighted by Gasteiger charge is -2.31. The van der Waals surface area contributed by atoms with Crippen molar-refractivity contribution in [3.63, 3.8) is 0 Å². The highest BCUT2D eigenvalue weighted by Gasteiger charge is 2.31. The molecule has 0 spiro atoms. The number of aryl methyl sites for hydroxylation is 1. The van der Waals surface area contributed by atoms with Crippen LogP contribution in [0, 0.1) is 12.7 Å². The van der Waals surface area contributed by atoms with Crippen LogP contribution < -0.4 is 5.56 Å². The van der Waals surface area contributed by atoms with Crippen LogP contribution in [0.3, 0.4) is 0 Å². The van der Waals surface area contributed by atoms with E-state index in [1.165, 1.54) is 12.1 Å². The molecule has 9 heteroatoms. The molecule has 3 aromatic carbocycles. The lowest BCUT2D eigenvalue weighted by molar-refractivity contribution is 0.194. The summed E-state index contributed by atoms with van der Waals surface area (Å²) in [6.07, 6.45) is 3.56. The van der Waals surface area contributed by atoms with Gasteiger partial charge in [-0.25, -0.2) is 9.07 Å². The Morgan fingerprint density at radius 1 is 0.902 bits per heavy atom. The minimum atomic E-state index is -0.612. The molecule has 1 N–H and O–H groups in total. The Hall–Kier alpha value is -5.02. The lowest BCUT2D eigenvalue weighted by atomic mass is 10.0. The van der Waals surface area contributed by atoms with Gasteiger partial charge in [-0.2, -0.15) is 0 Å². The zero-order chi connectivity index (χ0) is 28.2. The number of nitrogens with zero attached hydrogens (tertiary/aromatic N) is 6. The molecule has 0 saturated heterocycles. The molecule has 1 atom stereocenters. The molecule has 8 nitrogen and oxygen atoms in total. The van der Waals surface area contributed by atoms with E-state index in [2.05, 4.69) is 48.6 Å². The average molecular weight is 546 g/mol. The second-order valence-electron chi connectivity index (χ2n) is 10.1. The Labute approximate surface area is 236 Å². The van der Waals surface area contributed by atoms with Crippen LogP contribution in [0.1, 0.15) is 39.7 Å². The van der Waals surface area contributed by atoms with Gasteiger partial charge in [-0.15, -0.1) is 5.10 Å². The van der Waals surface area contributed by atoms with Gasteiger partial charge in [0, 0.05) is 36.6 Å². The van der Waals surface area contributed by atoms with Crippen LogP contribution in [0.2, 0.25) is 0 Å². The highest BCUT2D eigenvalue weighted by atomic mass is 19.1. The van der Waals surface area contributed by atoms with E-state index in [1.807, 2.05) is 61.7 Å². The molecule has 0 saturated carbocycles. The number of benzene rings is 3. The number of aromatic amines is 1. The summed E-state index contributed by atoms with van der Waals surface area (Å²) in [7, 11) is 0. The summed E-state index contributed by atoms with van der Waals surface area (Å²) in [4.78, 5) is 23.3. The van der Waals surface area contributed by atoms with Gasteiger partial charge in [0.1, 0.15) is 11.9 Å². The first-order chi connectivity index (χ1) is 20.0. The first kappa shape index (κ1) is 26.2. The number of pyridine rings is 2. The standard InChI is InChI=1S/C32H28FN7O/c1-22-9-14-29-26(16-22)17-28(32(41)35-29)30(31-36-37-38-40(31)21-24-10-12-27(33)13-11-24)39(19-23-6-3-2-4-7-23)20-25-8-5-15-34-18-25/h2-18,30H,19-21H2,1H3,(H,35,41)/t30-/m0/s1. The Balaban J connectivity index is 1.52. The molecule has 6 aromatic rings.